The van der Waals surface area contributed by atoms with E-state index < -0.39 is 0 Å². The molecule has 1 unspecified atom stereocenters. The number of nitrogens with one attached hydrogen (secondary N) is 1. The Balaban J connectivity index is 2.54. The fourth-order valence-corrected chi connectivity index (χ4v) is 1.21. The molecule has 1 aliphatic heterocycles. The van der Waals surface area contributed by atoms with E-state index >= 15 is 0 Å². The second-order valence-electron chi connectivity index (χ2n) is 2.53. The summed E-state index contributed by atoms with van der Waals surface area (Å²) in [5.41, 5.74) is 8.05. The van der Waals surface area contributed by atoms with Gasteiger partial charge in [-0.15, -0.1) is 0 Å². The van der Waals surface area contributed by atoms with Crippen molar-refractivity contribution in [2.24, 2.45) is 5.73 Å². The van der Waals surface area contributed by atoms with Gasteiger partial charge in [-0.25, -0.2) is 0 Å². The Bertz CT molecular complexity index is 291. The van der Waals surface area contributed by atoms with Crippen LogP contribution in [0.2, 0.25) is 0 Å². The highest BCUT2D eigenvalue weighted by Gasteiger charge is 2.09. The first-order valence-corrected chi connectivity index (χ1v) is 3.56. The molecule has 0 aromatic heterocycles. The summed E-state index contributed by atoms with van der Waals surface area (Å²) < 4.78 is 0. The van der Waals surface area contributed by atoms with E-state index in [4.69, 9.17) is 5.73 Å². The predicted molar refractivity (Wildman–Crippen MR) is 44.4 cm³/mol. The molecule has 1 aromatic carbocycles. The smallest absolute Gasteiger partial charge is 0.101 e. The molecular formula is C9H9N2. The van der Waals surface area contributed by atoms with Gasteiger partial charge in [0.25, 0.3) is 0 Å². The molecule has 3 N–H and O–H groups in total. The lowest BCUT2D eigenvalue weighted by molar-refractivity contribution is 0.646. The molecular weight excluding hydrogens is 136 g/mol. The molecule has 2 rings (SSSR count). The summed E-state index contributed by atoms with van der Waals surface area (Å²) in [6.07, 6.45) is 3.80. The number of benzene rings is 1. The van der Waals surface area contributed by atoms with Gasteiger partial charge in [0.2, 0.25) is 0 Å². The average Bonchev–Trinajstić information content (AvgIpc) is 2.06. The highest BCUT2D eigenvalue weighted by molar-refractivity contribution is 5.56. The number of hydrogen-bond donors (Lipinski definition) is 2. The van der Waals surface area contributed by atoms with Crippen LogP contribution in [0, 0.1) is 6.07 Å². The first kappa shape index (κ1) is 6.43. The molecule has 0 amide bonds. The van der Waals surface area contributed by atoms with Crippen molar-refractivity contribution in [1.82, 2.24) is 5.32 Å². The maximum atomic E-state index is 5.76. The van der Waals surface area contributed by atoms with Gasteiger partial charge in [-0.1, -0.05) is 12.1 Å². The average molecular weight is 145 g/mol. The maximum absolute atomic E-state index is 5.76. The summed E-state index contributed by atoms with van der Waals surface area (Å²) in [7, 11) is 0. The molecule has 55 valence electrons. The van der Waals surface area contributed by atoms with Crippen LogP contribution in [-0.2, 0) is 0 Å². The van der Waals surface area contributed by atoms with Crippen LogP contribution in [0.5, 0.6) is 0 Å². The van der Waals surface area contributed by atoms with Crippen molar-refractivity contribution in [3.8, 4) is 0 Å². The van der Waals surface area contributed by atoms with E-state index in [-0.39, 0.29) is 6.17 Å². The number of nitrogens with two attached hydrogens (primary N) is 1. The summed E-state index contributed by atoms with van der Waals surface area (Å²) in [5.74, 6) is 0. The lowest BCUT2D eigenvalue weighted by Crippen LogP contribution is -2.27. The minimum atomic E-state index is -0.0764. The van der Waals surface area contributed by atoms with E-state index in [1.165, 1.54) is 5.56 Å². The monoisotopic (exact) mass is 145 g/mol. The third-order valence-corrected chi connectivity index (χ3v) is 1.81. The Labute approximate surface area is 65.7 Å². The fourth-order valence-electron chi connectivity index (χ4n) is 1.21. The highest BCUT2D eigenvalue weighted by atomic mass is 15.0. The zero-order valence-corrected chi connectivity index (χ0v) is 6.04. The minimum absolute atomic E-state index is 0.0764. The quantitative estimate of drug-likeness (QED) is 0.572. The van der Waals surface area contributed by atoms with Gasteiger partial charge in [-0.3, -0.25) is 0 Å². The standard InChI is InChI=1S/C9H9N2/c10-9-8-4-2-1-3-7(8)5-6-11-9/h1,3-6,9,11H,10H2. The summed E-state index contributed by atoms with van der Waals surface area (Å²) in [4.78, 5) is 0. The first-order valence-electron chi connectivity index (χ1n) is 3.56. The molecule has 0 aliphatic carbocycles. The molecule has 1 heterocycles. The van der Waals surface area contributed by atoms with E-state index in [1.807, 2.05) is 30.5 Å². The molecule has 11 heavy (non-hydrogen) atoms. The van der Waals surface area contributed by atoms with Crippen molar-refractivity contribution >= 4 is 6.08 Å². The fraction of sp³-hybridized carbons (Fsp3) is 0.111. The Morgan fingerprint density at radius 3 is 3.27 bits per heavy atom. The van der Waals surface area contributed by atoms with Gasteiger partial charge in [0.15, 0.2) is 0 Å². The lowest BCUT2D eigenvalue weighted by Gasteiger charge is -2.18. The molecule has 2 heteroatoms. The molecule has 1 aliphatic rings. The SMILES string of the molecule is NC1NC=Cc2cc[c]cc21. The van der Waals surface area contributed by atoms with E-state index in [0.717, 1.165) is 5.56 Å². The van der Waals surface area contributed by atoms with E-state index in [1.54, 1.807) is 0 Å². The molecule has 1 aromatic rings. The van der Waals surface area contributed by atoms with Gasteiger partial charge < -0.3 is 11.1 Å². The predicted octanol–water partition coefficient (Wildman–Crippen LogP) is 1.02. The van der Waals surface area contributed by atoms with Gasteiger partial charge in [0.05, 0.1) is 0 Å². The molecule has 0 saturated carbocycles. The van der Waals surface area contributed by atoms with Crippen LogP contribution in [0.15, 0.2) is 24.4 Å². The van der Waals surface area contributed by atoms with Gasteiger partial charge >= 0.3 is 0 Å². The van der Waals surface area contributed by atoms with Crippen molar-refractivity contribution in [2.45, 2.75) is 6.17 Å². The van der Waals surface area contributed by atoms with Gasteiger partial charge in [0, 0.05) is 0 Å². The van der Waals surface area contributed by atoms with Crippen molar-refractivity contribution in [2.75, 3.05) is 0 Å². The van der Waals surface area contributed by atoms with E-state index in [0.29, 0.717) is 0 Å². The summed E-state index contributed by atoms with van der Waals surface area (Å²) in [6.45, 7) is 0. The van der Waals surface area contributed by atoms with Crippen LogP contribution in [0.3, 0.4) is 0 Å². The third kappa shape index (κ3) is 1.01. The second-order valence-corrected chi connectivity index (χ2v) is 2.53. The molecule has 1 radical (unpaired) electrons. The second kappa shape index (κ2) is 2.40. The van der Waals surface area contributed by atoms with Gasteiger partial charge in [-0.2, -0.15) is 0 Å². The van der Waals surface area contributed by atoms with Crippen molar-refractivity contribution in [3.63, 3.8) is 0 Å². The molecule has 0 bridgehead atoms. The molecule has 2 nitrogen and oxygen atoms in total. The number of fused-ring (bicyclic) bond motifs is 1. The summed E-state index contributed by atoms with van der Waals surface area (Å²) in [6, 6.07) is 8.81. The Kier molecular flexibility index (Phi) is 1.40. The van der Waals surface area contributed by atoms with Crippen LogP contribution in [-0.4, -0.2) is 0 Å². The van der Waals surface area contributed by atoms with Gasteiger partial charge in [0.1, 0.15) is 6.17 Å². The van der Waals surface area contributed by atoms with Crippen LogP contribution >= 0.6 is 0 Å². The molecule has 0 saturated heterocycles. The number of rotatable bonds is 0. The Morgan fingerprint density at radius 2 is 2.45 bits per heavy atom. The Hall–Kier alpha value is -1.28. The first-order chi connectivity index (χ1) is 5.38. The Morgan fingerprint density at radius 1 is 1.55 bits per heavy atom. The maximum Gasteiger partial charge on any atom is 0.101 e. The van der Waals surface area contributed by atoms with E-state index in [9.17, 15) is 0 Å². The molecule has 0 spiro atoms. The zero-order chi connectivity index (χ0) is 7.68. The minimum Gasteiger partial charge on any atom is -0.372 e. The van der Waals surface area contributed by atoms with Crippen LogP contribution in [0.1, 0.15) is 17.3 Å². The van der Waals surface area contributed by atoms with E-state index in [2.05, 4.69) is 11.4 Å². The van der Waals surface area contributed by atoms with Crippen LogP contribution in [0.25, 0.3) is 6.08 Å². The van der Waals surface area contributed by atoms with Crippen molar-refractivity contribution in [1.29, 1.82) is 0 Å². The largest absolute Gasteiger partial charge is 0.372 e. The third-order valence-electron chi connectivity index (χ3n) is 1.81. The van der Waals surface area contributed by atoms with Gasteiger partial charge in [-0.05, 0) is 35.5 Å². The zero-order valence-electron chi connectivity index (χ0n) is 6.04. The lowest BCUT2D eigenvalue weighted by atomic mass is 10.0. The topological polar surface area (TPSA) is 38.0 Å². The van der Waals surface area contributed by atoms with Crippen LogP contribution in [0.4, 0.5) is 0 Å². The summed E-state index contributed by atoms with van der Waals surface area (Å²) in [5, 5.41) is 3.02. The normalized spacial score (nSPS) is 20.6. The highest BCUT2D eigenvalue weighted by Crippen LogP contribution is 2.18. The van der Waals surface area contributed by atoms with Crippen molar-refractivity contribution < 1.29 is 0 Å². The molecule has 1 atom stereocenters. The molecule has 0 fully saturated rings. The van der Waals surface area contributed by atoms with Crippen LogP contribution < -0.4 is 11.1 Å². The summed E-state index contributed by atoms with van der Waals surface area (Å²) >= 11 is 0. The van der Waals surface area contributed by atoms with Crippen molar-refractivity contribution in [3.05, 3.63) is 41.6 Å². The number of hydrogen-bond acceptors (Lipinski definition) is 2.